The predicted octanol–water partition coefficient (Wildman–Crippen LogP) is 2.60. The molecular formula is C13H16O3. The van der Waals surface area contributed by atoms with Gasteiger partial charge in [-0.1, -0.05) is 30.3 Å². The van der Waals surface area contributed by atoms with E-state index in [4.69, 9.17) is 4.74 Å². The molecular weight excluding hydrogens is 204 g/mol. The van der Waals surface area contributed by atoms with E-state index in [0.29, 0.717) is 18.4 Å². The van der Waals surface area contributed by atoms with Crippen LogP contribution in [0.15, 0.2) is 30.3 Å². The third-order valence-corrected chi connectivity index (χ3v) is 2.24. The maximum Gasteiger partial charge on any atom is 0.302 e. The minimum atomic E-state index is -0.306. The number of benzene rings is 1. The number of Topliss-reactive ketones (excluding diaryl/α,β-unsaturated/α-hetero) is 1. The van der Waals surface area contributed by atoms with Crippen LogP contribution in [0.3, 0.4) is 0 Å². The highest BCUT2D eigenvalue weighted by Gasteiger charge is 2.10. The van der Waals surface area contributed by atoms with Gasteiger partial charge in [0, 0.05) is 18.9 Å². The highest BCUT2D eigenvalue weighted by molar-refractivity contribution is 5.95. The van der Waals surface area contributed by atoms with E-state index in [1.54, 1.807) is 19.1 Å². The summed E-state index contributed by atoms with van der Waals surface area (Å²) in [5.74, 6) is -0.223. The van der Waals surface area contributed by atoms with Gasteiger partial charge in [0.05, 0.1) is 6.10 Å². The molecule has 0 aliphatic carbocycles. The maximum atomic E-state index is 11.7. The maximum absolute atomic E-state index is 11.7. The van der Waals surface area contributed by atoms with E-state index in [0.717, 1.165) is 0 Å². The zero-order valence-corrected chi connectivity index (χ0v) is 9.60. The fourth-order valence-corrected chi connectivity index (χ4v) is 1.44. The fraction of sp³-hybridized carbons (Fsp3) is 0.385. The van der Waals surface area contributed by atoms with E-state index < -0.39 is 0 Å². The number of ketones is 1. The molecule has 1 atom stereocenters. The van der Waals surface area contributed by atoms with Crippen molar-refractivity contribution in [1.82, 2.24) is 0 Å². The second kappa shape index (κ2) is 6.05. The Kier molecular flexibility index (Phi) is 4.70. The Bertz CT molecular complexity index is 357. The molecule has 0 heterocycles. The van der Waals surface area contributed by atoms with Crippen molar-refractivity contribution < 1.29 is 14.3 Å². The van der Waals surface area contributed by atoms with Crippen LogP contribution >= 0.6 is 0 Å². The largest absolute Gasteiger partial charge is 0.463 e. The van der Waals surface area contributed by atoms with Gasteiger partial charge < -0.3 is 4.74 Å². The summed E-state index contributed by atoms with van der Waals surface area (Å²) in [7, 11) is 0. The monoisotopic (exact) mass is 220 g/mol. The van der Waals surface area contributed by atoms with Gasteiger partial charge in [-0.25, -0.2) is 0 Å². The van der Waals surface area contributed by atoms with Gasteiger partial charge in [0.1, 0.15) is 0 Å². The lowest BCUT2D eigenvalue weighted by Crippen LogP contribution is -2.14. The van der Waals surface area contributed by atoms with Gasteiger partial charge in [0.25, 0.3) is 0 Å². The molecule has 0 radical (unpaired) electrons. The topological polar surface area (TPSA) is 43.4 Å². The van der Waals surface area contributed by atoms with Crippen LogP contribution in [-0.2, 0) is 9.53 Å². The Morgan fingerprint density at radius 1 is 1.25 bits per heavy atom. The van der Waals surface area contributed by atoms with Crippen LogP contribution in [0.5, 0.6) is 0 Å². The lowest BCUT2D eigenvalue weighted by Gasteiger charge is -2.10. The molecule has 0 amide bonds. The Hall–Kier alpha value is -1.64. The SMILES string of the molecule is CC(=O)O[C@H](C)CCC(=O)c1ccccc1. The van der Waals surface area contributed by atoms with Crippen LogP contribution in [0.25, 0.3) is 0 Å². The number of hydrogen-bond donors (Lipinski definition) is 0. The van der Waals surface area contributed by atoms with Crippen molar-refractivity contribution in [2.24, 2.45) is 0 Å². The third kappa shape index (κ3) is 4.26. The highest BCUT2D eigenvalue weighted by Crippen LogP contribution is 2.08. The molecule has 0 unspecified atom stereocenters. The van der Waals surface area contributed by atoms with Crippen molar-refractivity contribution in [2.75, 3.05) is 0 Å². The second-order valence-electron chi connectivity index (χ2n) is 3.75. The van der Waals surface area contributed by atoms with Crippen LogP contribution in [0.4, 0.5) is 0 Å². The van der Waals surface area contributed by atoms with Crippen molar-refractivity contribution in [2.45, 2.75) is 32.8 Å². The number of hydrogen-bond acceptors (Lipinski definition) is 3. The molecule has 0 aromatic heterocycles. The lowest BCUT2D eigenvalue weighted by molar-refractivity contribution is -0.145. The molecule has 1 aromatic rings. The van der Waals surface area contributed by atoms with E-state index in [1.807, 2.05) is 18.2 Å². The number of esters is 1. The van der Waals surface area contributed by atoms with Crippen LogP contribution < -0.4 is 0 Å². The summed E-state index contributed by atoms with van der Waals surface area (Å²) in [5, 5.41) is 0. The van der Waals surface area contributed by atoms with E-state index in [2.05, 4.69) is 0 Å². The Morgan fingerprint density at radius 3 is 2.44 bits per heavy atom. The molecule has 0 bridgehead atoms. The summed E-state index contributed by atoms with van der Waals surface area (Å²) >= 11 is 0. The third-order valence-electron chi connectivity index (χ3n) is 2.24. The zero-order valence-electron chi connectivity index (χ0n) is 9.60. The van der Waals surface area contributed by atoms with Crippen molar-refractivity contribution >= 4 is 11.8 Å². The van der Waals surface area contributed by atoms with Crippen LogP contribution in [0.2, 0.25) is 0 Å². The molecule has 0 N–H and O–H groups in total. The first-order chi connectivity index (χ1) is 7.59. The first-order valence-electron chi connectivity index (χ1n) is 5.35. The first kappa shape index (κ1) is 12.4. The van der Waals surface area contributed by atoms with Gasteiger partial charge >= 0.3 is 5.97 Å². The number of rotatable bonds is 5. The van der Waals surface area contributed by atoms with Crippen molar-refractivity contribution in [3.8, 4) is 0 Å². The molecule has 3 heteroatoms. The average molecular weight is 220 g/mol. The Morgan fingerprint density at radius 2 is 1.88 bits per heavy atom. The van der Waals surface area contributed by atoms with Gasteiger partial charge in [0.2, 0.25) is 0 Å². The molecule has 86 valence electrons. The van der Waals surface area contributed by atoms with Gasteiger partial charge in [-0.05, 0) is 13.3 Å². The van der Waals surface area contributed by atoms with Crippen molar-refractivity contribution in [3.63, 3.8) is 0 Å². The van der Waals surface area contributed by atoms with Crippen LogP contribution in [0.1, 0.15) is 37.0 Å². The van der Waals surface area contributed by atoms with Crippen LogP contribution in [0, 0.1) is 0 Å². The zero-order chi connectivity index (χ0) is 12.0. The summed E-state index contributed by atoms with van der Waals surface area (Å²) in [4.78, 5) is 22.4. The fourth-order valence-electron chi connectivity index (χ4n) is 1.44. The van der Waals surface area contributed by atoms with E-state index >= 15 is 0 Å². The molecule has 1 rings (SSSR count). The summed E-state index contributed by atoms with van der Waals surface area (Å²) in [6, 6.07) is 9.13. The molecule has 1 aromatic carbocycles. The summed E-state index contributed by atoms with van der Waals surface area (Å²) in [6.45, 7) is 3.16. The van der Waals surface area contributed by atoms with Gasteiger partial charge in [0.15, 0.2) is 5.78 Å². The molecule has 0 spiro atoms. The summed E-state index contributed by atoms with van der Waals surface area (Å²) < 4.78 is 4.95. The smallest absolute Gasteiger partial charge is 0.302 e. The minimum absolute atomic E-state index is 0.0830. The van der Waals surface area contributed by atoms with Gasteiger partial charge in [-0.15, -0.1) is 0 Å². The Balaban J connectivity index is 2.39. The number of carbonyl (C=O) groups is 2. The average Bonchev–Trinajstić information content (AvgIpc) is 2.26. The highest BCUT2D eigenvalue weighted by atomic mass is 16.5. The predicted molar refractivity (Wildman–Crippen MR) is 61.2 cm³/mol. The normalized spacial score (nSPS) is 11.9. The summed E-state index contributed by atoms with van der Waals surface area (Å²) in [6.07, 6.45) is 0.761. The number of carbonyl (C=O) groups excluding carboxylic acids is 2. The van der Waals surface area contributed by atoms with Gasteiger partial charge in [-0.2, -0.15) is 0 Å². The van der Waals surface area contributed by atoms with Crippen LogP contribution in [-0.4, -0.2) is 17.9 Å². The second-order valence-corrected chi connectivity index (χ2v) is 3.75. The quantitative estimate of drug-likeness (QED) is 0.566. The first-order valence-corrected chi connectivity index (χ1v) is 5.35. The van der Waals surface area contributed by atoms with Crippen molar-refractivity contribution in [1.29, 1.82) is 0 Å². The molecule has 0 fully saturated rings. The number of ether oxygens (including phenoxy) is 1. The minimum Gasteiger partial charge on any atom is -0.463 e. The van der Waals surface area contributed by atoms with E-state index in [9.17, 15) is 9.59 Å². The molecule has 16 heavy (non-hydrogen) atoms. The standard InChI is InChI=1S/C13H16O3/c1-10(16-11(2)14)8-9-13(15)12-6-4-3-5-7-12/h3-7,10H,8-9H2,1-2H3/t10-/m1/s1. The molecule has 0 saturated heterocycles. The van der Waals surface area contributed by atoms with E-state index in [-0.39, 0.29) is 17.9 Å². The molecule has 0 aliphatic heterocycles. The van der Waals surface area contributed by atoms with Gasteiger partial charge in [-0.3, -0.25) is 9.59 Å². The summed E-state index contributed by atoms with van der Waals surface area (Å²) in [5.41, 5.74) is 0.706. The Labute approximate surface area is 95.4 Å². The molecule has 0 saturated carbocycles. The molecule has 3 nitrogen and oxygen atoms in total. The molecule has 0 aliphatic rings. The lowest BCUT2D eigenvalue weighted by atomic mass is 10.1. The van der Waals surface area contributed by atoms with E-state index in [1.165, 1.54) is 6.92 Å². The van der Waals surface area contributed by atoms with Crippen molar-refractivity contribution in [3.05, 3.63) is 35.9 Å².